The first kappa shape index (κ1) is 13.9. The molecule has 0 amide bonds. The van der Waals surface area contributed by atoms with Gasteiger partial charge in [-0.15, -0.1) is 0 Å². The average molecular weight is 344 g/mol. The summed E-state index contributed by atoms with van der Waals surface area (Å²) in [5.41, 5.74) is 4.09. The molecule has 21 heavy (non-hydrogen) atoms. The highest BCUT2D eigenvalue weighted by Gasteiger charge is 2.11. The highest BCUT2D eigenvalue weighted by molar-refractivity contribution is 9.08. The van der Waals surface area contributed by atoms with Gasteiger partial charge in [0, 0.05) is 22.5 Å². The van der Waals surface area contributed by atoms with Crippen molar-refractivity contribution in [2.75, 3.05) is 7.11 Å². The van der Waals surface area contributed by atoms with Crippen LogP contribution in [0.4, 0.5) is 0 Å². The first-order valence-electron chi connectivity index (χ1n) is 6.57. The van der Waals surface area contributed by atoms with Crippen molar-refractivity contribution in [2.24, 2.45) is 0 Å². The Bertz CT molecular complexity index is 735. The lowest BCUT2D eigenvalue weighted by molar-refractivity contribution is 0.414. The molecule has 106 valence electrons. The standard InChI is InChI=1S/C17H14BrNO2/c1-20-14-8-6-12(7-9-14)17-10-16(19-21-17)15-5-3-2-4-13(15)11-18/h2-10H,11H2,1H3. The SMILES string of the molecule is COc1ccc(-c2cc(-c3ccccc3CBr)no2)cc1. The third-order valence-electron chi connectivity index (χ3n) is 3.32. The highest BCUT2D eigenvalue weighted by Crippen LogP contribution is 2.29. The largest absolute Gasteiger partial charge is 0.497 e. The van der Waals surface area contributed by atoms with E-state index >= 15 is 0 Å². The number of alkyl halides is 1. The Kier molecular flexibility index (Phi) is 4.06. The molecule has 1 heterocycles. The van der Waals surface area contributed by atoms with Gasteiger partial charge in [-0.05, 0) is 29.8 Å². The molecule has 0 N–H and O–H groups in total. The zero-order chi connectivity index (χ0) is 14.7. The minimum absolute atomic E-state index is 0.747. The first-order valence-corrected chi connectivity index (χ1v) is 7.69. The van der Waals surface area contributed by atoms with E-state index in [9.17, 15) is 0 Å². The molecule has 3 rings (SSSR count). The molecule has 0 bridgehead atoms. The van der Waals surface area contributed by atoms with Crippen molar-refractivity contribution >= 4 is 15.9 Å². The van der Waals surface area contributed by atoms with E-state index in [1.54, 1.807) is 7.11 Å². The second-order valence-electron chi connectivity index (χ2n) is 4.60. The molecule has 1 aromatic heterocycles. The second kappa shape index (κ2) is 6.14. The van der Waals surface area contributed by atoms with Crippen molar-refractivity contribution in [3.8, 4) is 28.3 Å². The van der Waals surface area contributed by atoms with E-state index in [2.05, 4.69) is 27.2 Å². The van der Waals surface area contributed by atoms with Gasteiger partial charge in [0.25, 0.3) is 0 Å². The maximum Gasteiger partial charge on any atom is 0.167 e. The van der Waals surface area contributed by atoms with Crippen LogP contribution >= 0.6 is 15.9 Å². The van der Waals surface area contributed by atoms with Gasteiger partial charge < -0.3 is 9.26 Å². The van der Waals surface area contributed by atoms with E-state index < -0.39 is 0 Å². The summed E-state index contributed by atoms with van der Waals surface area (Å²) in [6, 6.07) is 17.8. The van der Waals surface area contributed by atoms with E-state index in [1.165, 1.54) is 5.56 Å². The molecule has 0 radical (unpaired) electrons. The molecule has 3 nitrogen and oxygen atoms in total. The van der Waals surface area contributed by atoms with Crippen LogP contribution in [0, 0.1) is 0 Å². The normalized spacial score (nSPS) is 10.6. The zero-order valence-corrected chi connectivity index (χ0v) is 13.1. The van der Waals surface area contributed by atoms with Gasteiger partial charge in [-0.1, -0.05) is 45.4 Å². The molecule has 0 fully saturated rings. The lowest BCUT2D eigenvalue weighted by Gasteiger charge is -2.02. The second-order valence-corrected chi connectivity index (χ2v) is 5.16. The highest BCUT2D eigenvalue weighted by atomic mass is 79.9. The molecule has 3 aromatic rings. The van der Waals surface area contributed by atoms with E-state index in [0.29, 0.717) is 0 Å². The van der Waals surface area contributed by atoms with Crippen molar-refractivity contribution in [3.63, 3.8) is 0 Å². The summed E-state index contributed by atoms with van der Waals surface area (Å²) >= 11 is 3.50. The minimum Gasteiger partial charge on any atom is -0.497 e. The number of hydrogen-bond acceptors (Lipinski definition) is 3. The number of halogens is 1. The van der Waals surface area contributed by atoms with Gasteiger partial charge in [0.05, 0.1) is 7.11 Å². The molecular weight excluding hydrogens is 330 g/mol. The molecule has 0 aliphatic rings. The Morgan fingerprint density at radius 2 is 1.86 bits per heavy atom. The third-order valence-corrected chi connectivity index (χ3v) is 3.93. The van der Waals surface area contributed by atoms with Crippen molar-refractivity contribution in [1.82, 2.24) is 5.16 Å². The lowest BCUT2D eigenvalue weighted by Crippen LogP contribution is -1.84. The number of ether oxygens (including phenoxy) is 1. The van der Waals surface area contributed by atoms with Crippen molar-refractivity contribution in [2.45, 2.75) is 5.33 Å². The Morgan fingerprint density at radius 1 is 1.10 bits per heavy atom. The number of benzene rings is 2. The smallest absolute Gasteiger partial charge is 0.167 e. The molecule has 0 saturated heterocycles. The summed E-state index contributed by atoms with van der Waals surface area (Å²) in [6.45, 7) is 0. The van der Waals surface area contributed by atoms with E-state index in [-0.39, 0.29) is 0 Å². The molecule has 0 unspecified atom stereocenters. The van der Waals surface area contributed by atoms with Crippen LogP contribution in [0.1, 0.15) is 5.56 Å². The molecule has 0 spiro atoms. The number of nitrogens with zero attached hydrogens (tertiary/aromatic N) is 1. The van der Waals surface area contributed by atoms with Crippen LogP contribution in [0.5, 0.6) is 5.75 Å². The Morgan fingerprint density at radius 3 is 2.57 bits per heavy atom. The number of rotatable bonds is 4. The topological polar surface area (TPSA) is 35.3 Å². The van der Waals surface area contributed by atoms with Crippen LogP contribution in [0.15, 0.2) is 59.1 Å². The van der Waals surface area contributed by atoms with E-state index in [1.807, 2.05) is 48.5 Å². The van der Waals surface area contributed by atoms with Crippen LogP contribution in [0.2, 0.25) is 0 Å². The molecule has 4 heteroatoms. The van der Waals surface area contributed by atoms with Crippen LogP contribution in [0.25, 0.3) is 22.6 Å². The maximum atomic E-state index is 5.47. The van der Waals surface area contributed by atoms with Crippen molar-refractivity contribution in [1.29, 1.82) is 0 Å². The fourth-order valence-corrected chi connectivity index (χ4v) is 2.67. The van der Waals surface area contributed by atoms with Gasteiger partial charge in [0.15, 0.2) is 5.76 Å². The van der Waals surface area contributed by atoms with Crippen molar-refractivity contribution < 1.29 is 9.26 Å². The lowest BCUT2D eigenvalue weighted by atomic mass is 10.0. The summed E-state index contributed by atoms with van der Waals surface area (Å²) in [5, 5.41) is 4.97. The molecule has 0 saturated carbocycles. The minimum atomic E-state index is 0.747. The number of aromatic nitrogens is 1. The molecule has 0 atom stereocenters. The van der Waals surface area contributed by atoms with Gasteiger partial charge in [-0.3, -0.25) is 0 Å². The Labute approximate surface area is 131 Å². The monoisotopic (exact) mass is 343 g/mol. The maximum absolute atomic E-state index is 5.47. The van der Waals surface area contributed by atoms with Gasteiger partial charge in [-0.25, -0.2) is 0 Å². The van der Waals surface area contributed by atoms with Crippen LogP contribution < -0.4 is 4.74 Å². The Balaban J connectivity index is 1.95. The number of hydrogen-bond donors (Lipinski definition) is 0. The molecule has 0 aliphatic carbocycles. The van der Waals surface area contributed by atoms with Crippen LogP contribution in [0.3, 0.4) is 0 Å². The summed E-state index contributed by atoms with van der Waals surface area (Å²) in [4.78, 5) is 0. The predicted molar refractivity (Wildman–Crippen MR) is 86.6 cm³/mol. The number of methoxy groups -OCH3 is 1. The molecule has 0 aliphatic heterocycles. The van der Waals surface area contributed by atoms with E-state index in [0.717, 1.165) is 33.7 Å². The van der Waals surface area contributed by atoms with Crippen LogP contribution in [-0.4, -0.2) is 12.3 Å². The zero-order valence-electron chi connectivity index (χ0n) is 11.5. The summed E-state index contributed by atoms with van der Waals surface area (Å²) < 4.78 is 10.6. The first-order chi connectivity index (χ1) is 10.3. The third kappa shape index (κ3) is 2.85. The van der Waals surface area contributed by atoms with E-state index in [4.69, 9.17) is 9.26 Å². The predicted octanol–water partition coefficient (Wildman–Crippen LogP) is 4.91. The average Bonchev–Trinajstić information content (AvgIpc) is 3.04. The van der Waals surface area contributed by atoms with Gasteiger partial charge >= 0.3 is 0 Å². The van der Waals surface area contributed by atoms with Crippen molar-refractivity contribution in [3.05, 3.63) is 60.2 Å². The van der Waals surface area contributed by atoms with Gasteiger partial charge in [0.2, 0.25) is 0 Å². The summed E-state index contributed by atoms with van der Waals surface area (Å²) in [6.07, 6.45) is 0. The summed E-state index contributed by atoms with van der Waals surface area (Å²) in [7, 11) is 1.65. The Hall–Kier alpha value is -2.07. The fraction of sp³-hybridized carbons (Fsp3) is 0.118. The quantitative estimate of drug-likeness (QED) is 0.631. The summed E-state index contributed by atoms with van der Waals surface area (Å²) in [5.74, 6) is 1.57. The molecule has 2 aromatic carbocycles. The van der Waals surface area contributed by atoms with Gasteiger partial charge in [0.1, 0.15) is 11.4 Å². The van der Waals surface area contributed by atoms with Gasteiger partial charge in [-0.2, -0.15) is 0 Å². The van der Waals surface area contributed by atoms with Crippen LogP contribution in [-0.2, 0) is 5.33 Å². The molecular formula is C17H14BrNO2. The fourth-order valence-electron chi connectivity index (χ4n) is 2.18.